The van der Waals surface area contributed by atoms with Crippen molar-refractivity contribution in [3.05, 3.63) is 29.6 Å². The first-order valence-corrected chi connectivity index (χ1v) is 7.85. The Hall–Kier alpha value is -0.980. The largest absolute Gasteiger partial charge is 0.391 e. The average molecular weight is 287 g/mol. The van der Waals surface area contributed by atoms with Crippen molar-refractivity contribution in [1.29, 1.82) is 0 Å². The number of nitrogens with one attached hydrogen (secondary N) is 1. The standard InChI is InChI=1S/C13H18FNO3S/c1-9-6-7-10(8-11(9)14)19(17,18)15-12-4-2-3-5-13(12)16/h6-8,12-13,15-16H,2-5H2,1H3/t12-,13-/m0/s1. The predicted octanol–water partition coefficient (Wildman–Crippen LogP) is 1.72. The second-order valence-corrected chi connectivity index (χ2v) is 6.70. The second-order valence-electron chi connectivity index (χ2n) is 4.99. The lowest BCUT2D eigenvalue weighted by Crippen LogP contribution is -2.44. The molecule has 0 unspecified atom stereocenters. The van der Waals surface area contributed by atoms with Crippen LogP contribution in [-0.4, -0.2) is 25.7 Å². The van der Waals surface area contributed by atoms with Gasteiger partial charge in [-0.15, -0.1) is 0 Å². The van der Waals surface area contributed by atoms with Gasteiger partial charge in [-0.2, -0.15) is 0 Å². The molecule has 0 saturated heterocycles. The molecule has 2 rings (SSSR count). The van der Waals surface area contributed by atoms with Crippen LogP contribution in [-0.2, 0) is 10.0 Å². The third kappa shape index (κ3) is 3.32. The molecule has 0 bridgehead atoms. The Morgan fingerprint density at radius 1 is 1.32 bits per heavy atom. The first-order chi connectivity index (χ1) is 8.90. The molecule has 19 heavy (non-hydrogen) atoms. The maximum atomic E-state index is 13.4. The summed E-state index contributed by atoms with van der Waals surface area (Å²) >= 11 is 0. The summed E-state index contributed by atoms with van der Waals surface area (Å²) in [5, 5.41) is 9.78. The van der Waals surface area contributed by atoms with Crippen molar-refractivity contribution < 1.29 is 17.9 Å². The number of aliphatic hydroxyl groups excluding tert-OH is 1. The Labute approximate surface area is 112 Å². The Balaban J connectivity index is 2.19. The van der Waals surface area contributed by atoms with Gasteiger partial charge in [-0.1, -0.05) is 18.9 Å². The fourth-order valence-corrected chi connectivity index (χ4v) is 3.57. The summed E-state index contributed by atoms with van der Waals surface area (Å²) in [4.78, 5) is -0.103. The van der Waals surface area contributed by atoms with Crippen LogP contribution in [0.1, 0.15) is 31.2 Å². The van der Waals surface area contributed by atoms with Crippen molar-refractivity contribution in [1.82, 2.24) is 4.72 Å². The van der Waals surface area contributed by atoms with Gasteiger partial charge in [-0.05, 0) is 37.5 Å². The molecule has 2 N–H and O–H groups in total. The van der Waals surface area contributed by atoms with Crippen LogP contribution in [0.2, 0.25) is 0 Å². The molecule has 0 heterocycles. The van der Waals surface area contributed by atoms with E-state index in [-0.39, 0.29) is 4.90 Å². The van der Waals surface area contributed by atoms with Crippen LogP contribution in [0.25, 0.3) is 0 Å². The van der Waals surface area contributed by atoms with Crippen molar-refractivity contribution in [2.24, 2.45) is 0 Å². The normalized spacial score (nSPS) is 24.4. The number of benzene rings is 1. The van der Waals surface area contributed by atoms with E-state index in [1.165, 1.54) is 12.1 Å². The molecule has 2 atom stereocenters. The maximum Gasteiger partial charge on any atom is 0.241 e. The molecule has 1 fully saturated rings. The molecule has 6 heteroatoms. The molecule has 0 radical (unpaired) electrons. The minimum absolute atomic E-state index is 0.103. The van der Waals surface area contributed by atoms with E-state index >= 15 is 0 Å². The highest BCUT2D eigenvalue weighted by atomic mass is 32.2. The van der Waals surface area contributed by atoms with Gasteiger partial charge in [0.15, 0.2) is 0 Å². The fourth-order valence-electron chi connectivity index (χ4n) is 2.26. The molecule has 0 aromatic heterocycles. The predicted molar refractivity (Wildman–Crippen MR) is 69.7 cm³/mol. The van der Waals surface area contributed by atoms with Crippen molar-refractivity contribution in [3.8, 4) is 0 Å². The zero-order valence-corrected chi connectivity index (χ0v) is 11.6. The number of hydrogen-bond donors (Lipinski definition) is 2. The number of sulfonamides is 1. The highest BCUT2D eigenvalue weighted by Gasteiger charge is 2.28. The third-order valence-electron chi connectivity index (χ3n) is 3.49. The Morgan fingerprint density at radius 2 is 2.00 bits per heavy atom. The molecule has 1 saturated carbocycles. The minimum atomic E-state index is -3.78. The second kappa shape index (κ2) is 5.56. The molecule has 1 aromatic carbocycles. The quantitative estimate of drug-likeness (QED) is 0.889. The molecule has 1 aliphatic carbocycles. The monoisotopic (exact) mass is 287 g/mol. The molecule has 0 spiro atoms. The number of aryl methyl sites for hydroxylation is 1. The smallest absolute Gasteiger partial charge is 0.241 e. The third-order valence-corrected chi connectivity index (χ3v) is 4.98. The van der Waals surface area contributed by atoms with Crippen LogP contribution in [0.4, 0.5) is 4.39 Å². The van der Waals surface area contributed by atoms with Gasteiger partial charge in [0.2, 0.25) is 10.0 Å². The van der Waals surface area contributed by atoms with Crippen molar-refractivity contribution in [2.75, 3.05) is 0 Å². The van der Waals surface area contributed by atoms with E-state index in [1.54, 1.807) is 6.92 Å². The Morgan fingerprint density at radius 3 is 2.63 bits per heavy atom. The highest BCUT2D eigenvalue weighted by Crippen LogP contribution is 2.21. The summed E-state index contributed by atoms with van der Waals surface area (Å²) in [6, 6.07) is 3.33. The highest BCUT2D eigenvalue weighted by molar-refractivity contribution is 7.89. The van der Waals surface area contributed by atoms with Crippen LogP contribution in [0.15, 0.2) is 23.1 Å². The minimum Gasteiger partial charge on any atom is -0.391 e. The lowest BCUT2D eigenvalue weighted by atomic mass is 9.93. The lowest BCUT2D eigenvalue weighted by Gasteiger charge is -2.28. The fraction of sp³-hybridized carbons (Fsp3) is 0.538. The van der Waals surface area contributed by atoms with E-state index in [1.807, 2.05) is 0 Å². The number of hydrogen-bond acceptors (Lipinski definition) is 3. The zero-order valence-electron chi connectivity index (χ0n) is 10.8. The maximum absolute atomic E-state index is 13.4. The van der Waals surface area contributed by atoms with Gasteiger partial charge in [0.25, 0.3) is 0 Å². The zero-order chi connectivity index (χ0) is 14.0. The first-order valence-electron chi connectivity index (χ1n) is 6.37. The average Bonchev–Trinajstić information content (AvgIpc) is 2.35. The van der Waals surface area contributed by atoms with Crippen molar-refractivity contribution >= 4 is 10.0 Å². The summed E-state index contributed by atoms with van der Waals surface area (Å²) < 4.78 is 40.1. The van der Waals surface area contributed by atoms with Gasteiger partial charge in [0.1, 0.15) is 5.82 Å². The molecule has 1 aliphatic rings. The molecule has 1 aromatic rings. The van der Waals surface area contributed by atoms with E-state index < -0.39 is 28.0 Å². The summed E-state index contributed by atoms with van der Waals surface area (Å²) in [6.07, 6.45) is 2.31. The number of aliphatic hydroxyl groups is 1. The van der Waals surface area contributed by atoms with Gasteiger partial charge in [-0.3, -0.25) is 0 Å². The molecular formula is C13H18FNO3S. The molecule has 4 nitrogen and oxygen atoms in total. The van der Waals surface area contributed by atoms with Crippen LogP contribution in [0, 0.1) is 12.7 Å². The molecular weight excluding hydrogens is 269 g/mol. The summed E-state index contributed by atoms with van der Waals surface area (Å²) in [5.41, 5.74) is 0.400. The van der Waals surface area contributed by atoms with E-state index in [0.29, 0.717) is 18.4 Å². The number of halogens is 1. The van der Waals surface area contributed by atoms with Gasteiger partial charge in [0, 0.05) is 6.04 Å². The Bertz CT molecular complexity index is 559. The van der Waals surface area contributed by atoms with Crippen molar-refractivity contribution in [2.45, 2.75) is 49.6 Å². The van der Waals surface area contributed by atoms with E-state index in [9.17, 15) is 17.9 Å². The molecule has 0 amide bonds. The van der Waals surface area contributed by atoms with Crippen LogP contribution in [0.5, 0.6) is 0 Å². The van der Waals surface area contributed by atoms with Gasteiger partial charge in [0.05, 0.1) is 11.0 Å². The SMILES string of the molecule is Cc1ccc(S(=O)(=O)N[C@H]2CCCC[C@@H]2O)cc1F. The van der Waals surface area contributed by atoms with Gasteiger partial charge < -0.3 is 5.11 Å². The van der Waals surface area contributed by atoms with Crippen LogP contribution >= 0.6 is 0 Å². The molecule has 0 aliphatic heterocycles. The van der Waals surface area contributed by atoms with E-state index in [0.717, 1.165) is 18.9 Å². The molecule has 106 valence electrons. The van der Waals surface area contributed by atoms with Gasteiger partial charge >= 0.3 is 0 Å². The van der Waals surface area contributed by atoms with Crippen molar-refractivity contribution in [3.63, 3.8) is 0 Å². The van der Waals surface area contributed by atoms with Crippen LogP contribution < -0.4 is 4.72 Å². The summed E-state index contributed by atoms with van der Waals surface area (Å²) in [6.45, 7) is 1.57. The van der Waals surface area contributed by atoms with Gasteiger partial charge in [-0.25, -0.2) is 17.5 Å². The summed E-state index contributed by atoms with van der Waals surface area (Å²) in [7, 11) is -3.78. The van der Waals surface area contributed by atoms with E-state index in [2.05, 4.69) is 4.72 Å². The first kappa shape index (κ1) is 14.4. The number of rotatable bonds is 3. The summed E-state index contributed by atoms with van der Waals surface area (Å²) in [5.74, 6) is -0.549. The topological polar surface area (TPSA) is 66.4 Å². The Kier molecular flexibility index (Phi) is 4.23. The lowest BCUT2D eigenvalue weighted by molar-refractivity contribution is 0.101. The van der Waals surface area contributed by atoms with E-state index in [4.69, 9.17) is 0 Å². The van der Waals surface area contributed by atoms with Crippen LogP contribution in [0.3, 0.4) is 0 Å².